The summed E-state index contributed by atoms with van der Waals surface area (Å²) in [5.41, 5.74) is -0.689. The molecule has 14 heavy (non-hydrogen) atoms. The number of nitrogens with zero attached hydrogens (tertiary/aromatic N) is 1. The van der Waals surface area contributed by atoms with Crippen molar-refractivity contribution < 1.29 is 14.4 Å². The second-order valence-electron chi connectivity index (χ2n) is 4.11. The number of piperidine rings is 1. The van der Waals surface area contributed by atoms with Crippen LogP contribution in [0.25, 0.3) is 0 Å². The van der Waals surface area contributed by atoms with E-state index < -0.39 is 5.41 Å². The maximum atomic E-state index is 11.4. The van der Waals surface area contributed by atoms with Gasteiger partial charge < -0.3 is 4.90 Å². The Kier molecular flexibility index (Phi) is 1.94. The van der Waals surface area contributed by atoms with Gasteiger partial charge in [0.15, 0.2) is 11.6 Å². The molecule has 4 heteroatoms. The number of rotatable bonds is 0. The molecule has 76 valence electrons. The maximum Gasteiger partial charge on any atom is 0.219 e. The first kappa shape index (κ1) is 9.37. The number of hydrogen-bond donors (Lipinski definition) is 0. The molecule has 0 aromatic carbocycles. The molecule has 1 aliphatic carbocycles. The molecule has 1 heterocycles. The fourth-order valence-corrected chi connectivity index (χ4v) is 2.29. The smallest absolute Gasteiger partial charge is 0.219 e. The van der Waals surface area contributed by atoms with Crippen LogP contribution in [0.4, 0.5) is 0 Å². The van der Waals surface area contributed by atoms with Crippen LogP contribution < -0.4 is 0 Å². The van der Waals surface area contributed by atoms with E-state index in [-0.39, 0.29) is 23.9 Å². The van der Waals surface area contributed by atoms with Crippen molar-refractivity contribution in [2.24, 2.45) is 5.41 Å². The largest absolute Gasteiger partial charge is 0.343 e. The third-order valence-corrected chi connectivity index (χ3v) is 3.45. The lowest BCUT2D eigenvalue weighted by Gasteiger charge is -2.44. The van der Waals surface area contributed by atoms with Crippen LogP contribution in [0, 0.1) is 5.41 Å². The van der Waals surface area contributed by atoms with E-state index in [0.29, 0.717) is 25.9 Å². The second kappa shape index (κ2) is 2.90. The number of likely N-dealkylation sites (tertiary alicyclic amines) is 1. The van der Waals surface area contributed by atoms with Crippen molar-refractivity contribution in [2.45, 2.75) is 26.2 Å². The molecule has 4 nitrogen and oxygen atoms in total. The Hall–Kier alpha value is -1.19. The first-order chi connectivity index (χ1) is 6.56. The Morgan fingerprint density at radius 3 is 2.07 bits per heavy atom. The topological polar surface area (TPSA) is 54.5 Å². The molecule has 1 aliphatic heterocycles. The van der Waals surface area contributed by atoms with Crippen molar-refractivity contribution in [2.75, 3.05) is 13.1 Å². The minimum absolute atomic E-state index is 0.0269. The van der Waals surface area contributed by atoms with Crippen LogP contribution in [0.5, 0.6) is 0 Å². The van der Waals surface area contributed by atoms with Gasteiger partial charge in [-0.15, -0.1) is 0 Å². The normalized spacial score (nSPS) is 25.1. The molecule has 1 spiro atoms. The lowest BCUT2D eigenvalue weighted by molar-refractivity contribution is -0.158. The summed E-state index contributed by atoms with van der Waals surface area (Å²) in [5.74, 6) is 0.176. The van der Waals surface area contributed by atoms with Crippen molar-refractivity contribution in [1.29, 1.82) is 0 Å². The number of Topliss-reactive ketones (excluding diaryl/α,β-unsaturated/α-hetero) is 2. The zero-order chi connectivity index (χ0) is 10.3. The molecule has 2 fully saturated rings. The van der Waals surface area contributed by atoms with Gasteiger partial charge in [-0.1, -0.05) is 0 Å². The van der Waals surface area contributed by atoms with Crippen LogP contribution in [-0.4, -0.2) is 35.5 Å². The number of carbonyl (C=O) groups is 3. The highest BCUT2D eigenvalue weighted by Crippen LogP contribution is 2.42. The second-order valence-corrected chi connectivity index (χ2v) is 4.11. The van der Waals surface area contributed by atoms with Crippen LogP contribution in [0.2, 0.25) is 0 Å². The molecule has 0 bridgehead atoms. The van der Waals surface area contributed by atoms with Crippen LogP contribution in [-0.2, 0) is 14.4 Å². The minimum atomic E-state index is -0.689. The molecule has 2 aliphatic rings. The standard InChI is InChI=1S/C10H13NO3/c1-7(12)11-4-2-10(3-5-11)8(13)6-9(10)14/h2-6H2,1H3. The minimum Gasteiger partial charge on any atom is -0.343 e. The molecule has 0 aromatic rings. The predicted octanol–water partition coefficient (Wildman–Crippen LogP) is 0.157. The Morgan fingerprint density at radius 1 is 1.21 bits per heavy atom. The highest BCUT2D eigenvalue weighted by atomic mass is 16.2. The van der Waals surface area contributed by atoms with Crippen LogP contribution >= 0.6 is 0 Å². The fraction of sp³-hybridized carbons (Fsp3) is 0.700. The number of amides is 1. The van der Waals surface area contributed by atoms with E-state index in [1.807, 2.05) is 0 Å². The Bertz CT molecular complexity index is 297. The maximum absolute atomic E-state index is 11.4. The molecule has 1 saturated heterocycles. The number of carbonyl (C=O) groups excluding carboxylic acids is 3. The molecule has 1 saturated carbocycles. The summed E-state index contributed by atoms with van der Waals surface area (Å²) in [4.78, 5) is 35.5. The Morgan fingerprint density at radius 2 is 1.71 bits per heavy atom. The summed E-state index contributed by atoms with van der Waals surface area (Å²) in [6.45, 7) is 2.61. The van der Waals surface area contributed by atoms with Gasteiger partial charge in [-0.2, -0.15) is 0 Å². The van der Waals surface area contributed by atoms with E-state index in [0.717, 1.165) is 0 Å². The van der Waals surface area contributed by atoms with Crippen LogP contribution in [0.3, 0.4) is 0 Å². The summed E-state index contributed by atoms with van der Waals surface area (Å²) in [5, 5.41) is 0. The first-order valence-electron chi connectivity index (χ1n) is 4.88. The molecule has 1 amide bonds. The third-order valence-electron chi connectivity index (χ3n) is 3.45. The molecule has 0 atom stereocenters. The summed E-state index contributed by atoms with van der Waals surface area (Å²) < 4.78 is 0. The van der Waals surface area contributed by atoms with E-state index in [1.54, 1.807) is 4.90 Å². The summed E-state index contributed by atoms with van der Waals surface area (Å²) >= 11 is 0. The van der Waals surface area contributed by atoms with Gasteiger partial charge in [0.25, 0.3) is 0 Å². The van der Waals surface area contributed by atoms with Gasteiger partial charge >= 0.3 is 0 Å². The molecule has 0 radical (unpaired) electrons. The van der Waals surface area contributed by atoms with E-state index in [1.165, 1.54) is 6.92 Å². The zero-order valence-electron chi connectivity index (χ0n) is 8.21. The van der Waals surface area contributed by atoms with Gasteiger partial charge in [-0.05, 0) is 12.8 Å². The third kappa shape index (κ3) is 1.10. The highest BCUT2D eigenvalue weighted by Gasteiger charge is 2.55. The van der Waals surface area contributed by atoms with Crippen molar-refractivity contribution in [1.82, 2.24) is 4.90 Å². The van der Waals surface area contributed by atoms with Gasteiger partial charge in [0.1, 0.15) is 0 Å². The van der Waals surface area contributed by atoms with Crippen LogP contribution in [0.15, 0.2) is 0 Å². The summed E-state index contributed by atoms with van der Waals surface area (Å²) in [7, 11) is 0. The molecule has 2 rings (SSSR count). The molecular formula is C10H13NO3. The first-order valence-corrected chi connectivity index (χ1v) is 4.88. The lowest BCUT2D eigenvalue weighted by atomic mass is 9.61. The van der Waals surface area contributed by atoms with Crippen molar-refractivity contribution >= 4 is 17.5 Å². The average molecular weight is 195 g/mol. The summed E-state index contributed by atoms with van der Waals surface area (Å²) in [6.07, 6.45) is 1.18. The molecule has 0 unspecified atom stereocenters. The zero-order valence-corrected chi connectivity index (χ0v) is 8.21. The van der Waals surface area contributed by atoms with E-state index in [2.05, 4.69) is 0 Å². The van der Waals surface area contributed by atoms with E-state index in [4.69, 9.17) is 0 Å². The Labute approximate surface area is 82.3 Å². The van der Waals surface area contributed by atoms with Crippen molar-refractivity contribution in [3.8, 4) is 0 Å². The number of ketones is 2. The average Bonchev–Trinajstić information content (AvgIpc) is 2.18. The predicted molar refractivity (Wildman–Crippen MR) is 48.6 cm³/mol. The van der Waals surface area contributed by atoms with Gasteiger partial charge in [0, 0.05) is 20.0 Å². The Balaban J connectivity index is 2.05. The van der Waals surface area contributed by atoms with E-state index >= 15 is 0 Å². The molecular weight excluding hydrogens is 182 g/mol. The van der Waals surface area contributed by atoms with Gasteiger partial charge in [0.2, 0.25) is 5.91 Å². The monoisotopic (exact) mass is 195 g/mol. The molecule has 0 aromatic heterocycles. The van der Waals surface area contributed by atoms with E-state index in [9.17, 15) is 14.4 Å². The quantitative estimate of drug-likeness (QED) is 0.517. The fourth-order valence-electron chi connectivity index (χ4n) is 2.29. The molecule has 0 N–H and O–H groups in total. The van der Waals surface area contributed by atoms with Crippen LogP contribution in [0.1, 0.15) is 26.2 Å². The summed E-state index contributed by atoms with van der Waals surface area (Å²) in [6, 6.07) is 0. The van der Waals surface area contributed by atoms with Gasteiger partial charge in [-0.25, -0.2) is 0 Å². The van der Waals surface area contributed by atoms with Gasteiger partial charge in [-0.3, -0.25) is 14.4 Å². The van der Waals surface area contributed by atoms with Crippen molar-refractivity contribution in [3.63, 3.8) is 0 Å². The van der Waals surface area contributed by atoms with Crippen molar-refractivity contribution in [3.05, 3.63) is 0 Å². The number of hydrogen-bond acceptors (Lipinski definition) is 3. The lowest BCUT2D eigenvalue weighted by Crippen LogP contribution is -2.57. The SMILES string of the molecule is CC(=O)N1CCC2(CC1)C(=O)CC2=O. The van der Waals surface area contributed by atoms with Gasteiger partial charge in [0.05, 0.1) is 11.8 Å². The highest BCUT2D eigenvalue weighted by molar-refractivity contribution is 6.25.